The molecule has 0 aromatic heterocycles. The fourth-order valence-electron chi connectivity index (χ4n) is 2.01. The third kappa shape index (κ3) is 5.55. The van der Waals surface area contributed by atoms with Crippen molar-refractivity contribution in [2.45, 2.75) is 46.0 Å². The second kappa shape index (κ2) is 8.51. The topological polar surface area (TPSA) is 43.4 Å². The molecule has 3 heteroatoms. The molecule has 1 aromatic carbocycles. The van der Waals surface area contributed by atoms with Gasteiger partial charge in [-0.3, -0.25) is 4.79 Å². The molecule has 3 nitrogen and oxygen atoms in total. The van der Waals surface area contributed by atoms with E-state index in [0.29, 0.717) is 25.4 Å². The quantitative estimate of drug-likeness (QED) is 0.414. The third-order valence-corrected chi connectivity index (χ3v) is 3.19. The third-order valence-electron chi connectivity index (χ3n) is 3.19. The first kappa shape index (κ1) is 16.4. The van der Waals surface area contributed by atoms with Crippen molar-refractivity contribution >= 4 is 12.3 Å². The summed E-state index contributed by atoms with van der Waals surface area (Å²) >= 11 is 0. The summed E-state index contributed by atoms with van der Waals surface area (Å²) in [5.74, 6) is 0.132. The summed E-state index contributed by atoms with van der Waals surface area (Å²) in [6.07, 6.45) is 2.91. The van der Waals surface area contributed by atoms with Gasteiger partial charge in [-0.05, 0) is 36.8 Å². The second-order valence-electron chi connectivity index (χ2n) is 5.54. The second-order valence-corrected chi connectivity index (χ2v) is 5.54. The van der Waals surface area contributed by atoms with Crippen molar-refractivity contribution in [3.63, 3.8) is 0 Å². The van der Waals surface area contributed by atoms with Crippen LogP contribution in [0.2, 0.25) is 0 Å². The van der Waals surface area contributed by atoms with Crippen molar-refractivity contribution in [2.24, 2.45) is 5.92 Å². The average molecular weight is 276 g/mol. The lowest BCUT2D eigenvalue weighted by molar-refractivity contribution is -0.145. The van der Waals surface area contributed by atoms with E-state index in [0.717, 1.165) is 18.3 Å². The number of benzene rings is 1. The Labute approximate surface area is 121 Å². The molecule has 1 rings (SSSR count). The molecule has 0 N–H and O–H groups in total. The largest absolute Gasteiger partial charge is 0.465 e. The fourth-order valence-corrected chi connectivity index (χ4v) is 2.01. The monoisotopic (exact) mass is 276 g/mol. The first-order valence-corrected chi connectivity index (χ1v) is 7.23. The van der Waals surface area contributed by atoms with Crippen molar-refractivity contribution < 1.29 is 14.3 Å². The molecule has 1 aromatic rings. The molecule has 0 aliphatic heterocycles. The van der Waals surface area contributed by atoms with Crippen LogP contribution in [0, 0.1) is 5.92 Å². The van der Waals surface area contributed by atoms with E-state index in [2.05, 4.69) is 26.0 Å². The predicted molar refractivity (Wildman–Crippen MR) is 79.7 cm³/mol. The van der Waals surface area contributed by atoms with Crippen LogP contribution in [-0.2, 0) is 20.7 Å². The van der Waals surface area contributed by atoms with Crippen LogP contribution in [0.25, 0.3) is 0 Å². The number of carbonyl (C=O) groups is 2. The van der Waals surface area contributed by atoms with Crippen molar-refractivity contribution in [1.29, 1.82) is 0 Å². The molecule has 0 spiro atoms. The maximum atomic E-state index is 11.9. The molecule has 1 unspecified atom stereocenters. The summed E-state index contributed by atoms with van der Waals surface area (Å²) < 4.78 is 5.16. The van der Waals surface area contributed by atoms with Crippen molar-refractivity contribution in [3.05, 3.63) is 35.4 Å². The molecule has 1 atom stereocenters. The molecule has 0 heterocycles. The lowest BCUT2D eigenvalue weighted by Crippen LogP contribution is -2.14. The number of esters is 1. The minimum atomic E-state index is -0.265. The molecule has 0 saturated heterocycles. The maximum Gasteiger partial charge on any atom is 0.313 e. The van der Waals surface area contributed by atoms with Crippen molar-refractivity contribution in [3.8, 4) is 0 Å². The van der Waals surface area contributed by atoms with Gasteiger partial charge in [-0.25, -0.2) is 0 Å². The van der Waals surface area contributed by atoms with Gasteiger partial charge >= 0.3 is 5.97 Å². The zero-order valence-corrected chi connectivity index (χ0v) is 12.6. The number of aldehydes is 1. The molecule has 0 amide bonds. The average Bonchev–Trinajstić information content (AvgIpc) is 2.43. The minimum absolute atomic E-state index is 0.229. The highest BCUT2D eigenvalue weighted by Crippen LogP contribution is 2.19. The Morgan fingerprint density at radius 1 is 1.20 bits per heavy atom. The Balaban J connectivity index is 2.51. The highest BCUT2D eigenvalue weighted by molar-refractivity contribution is 5.77. The Kier molecular flexibility index (Phi) is 6.99. The number of hydrogen-bond donors (Lipinski definition) is 0. The van der Waals surface area contributed by atoms with Gasteiger partial charge < -0.3 is 9.53 Å². The number of rotatable bonds is 8. The van der Waals surface area contributed by atoms with Crippen LogP contribution in [-0.4, -0.2) is 18.9 Å². The van der Waals surface area contributed by atoms with Gasteiger partial charge in [0.25, 0.3) is 0 Å². The van der Waals surface area contributed by atoms with Crippen LogP contribution in [0.1, 0.15) is 50.7 Å². The Morgan fingerprint density at radius 2 is 1.85 bits per heavy atom. The van der Waals surface area contributed by atoms with Crippen LogP contribution in [0.5, 0.6) is 0 Å². The standard InChI is InChI=1S/C17H24O3/c1-13(2)12-15-6-8-16(9-7-15)14(3)17(19)20-11-5-4-10-18/h6-10,13-14H,4-5,11-12H2,1-3H3. The van der Waals surface area contributed by atoms with Crippen LogP contribution in [0.4, 0.5) is 0 Å². The van der Waals surface area contributed by atoms with Gasteiger partial charge in [0.05, 0.1) is 12.5 Å². The van der Waals surface area contributed by atoms with Gasteiger partial charge in [0.1, 0.15) is 6.29 Å². The molecule has 0 fully saturated rings. The summed E-state index contributed by atoms with van der Waals surface area (Å²) in [6.45, 7) is 6.54. The Hall–Kier alpha value is -1.64. The summed E-state index contributed by atoms with van der Waals surface area (Å²) in [4.78, 5) is 22.0. The highest BCUT2D eigenvalue weighted by atomic mass is 16.5. The Bertz CT molecular complexity index is 420. The van der Waals surface area contributed by atoms with Gasteiger partial charge in [0.2, 0.25) is 0 Å². The van der Waals surface area contributed by atoms with Crippen molar-refractivity contribution in [1.82, 2.24) is 0 Å². The first-order valence-electron chi connectivity index (χ1n) is 7.23. The van der Waals surface area contributed by atoms with Crippen molar-refractivity contribution in [2.75, 3.05) is 6.61 Å². The lowest BCUT2D eigenvalue weighted by atomic mass is 9.97. The number of unbranched alkanes of at least 4 members (excludes halogenated alkanes) is 1. The molecule has 0 aliphatic rings. The van der Waals surface area contributed by atoms with Crippen LogP contribution in [0.15, 0.2) is 24.3 Å². The summed E-state index contributed by atoms with van der Waals surface area (Å²) in [5.41, 5.74) is 2.26. The smallest absolute Gasteiger partial charge is 0.313 e. The van der Waals surface area contributed by atoms with E-state index >= 15 is 0 Å². The van der Waals surface area contributed by atoms with Gasteiger partial charge in [-0.15, -0.1) is 0 Å². The minimum Gasteiger partial charge on any atom is -0.465 e. The van der Waals surface area contributed by atoms with Gasteiger partial charge in [-0.1, -0.05) is 38.1 Å². The maximum absolute atomic E-state index is 11.9. The van der Waals surface area contributed by atoms with Crippen LogP contribution >= 0.6 is 0 Å². The highest BCUT2D eigenvalue weighted by Gasteiger charge is 2.16. The van der Waals surface area contributed by atoms with E-state index in [9.17, 15) is 9.59 Å². The van der Waals surface area contributed by atoms with E-state index in [1.54, 1.807) is 0 Å². The van der Waals surface area contributed by atoms with E-state index in [-0.39, 0.29) is 11.9 Å². The normalized spacial score (nSPS) is 12.2. The summed E-state index contributed by atoms with van der Waals surface area (Å²) in [6, 6.07) is 8.14. The van der Waals surface area contributed by atoms with Crippen LogP contribution in [0.3, 0.4) is 0 Å². The number of carbonyl (C=O) groups excluding carboxylic acids is 2. The van der Waals surface area contributed by atoms with Gasteiger partial charge in [0.15, 0.2) is 0 Å². The summed E-state index contributed by atoms with van der Waals surface area (Å²) in [5, 5.41) is 0. The molecule has 0 aliphatic carbocycles. The first-order chi connectivity index (χ1) is 9.54. The zero-order valence-electron chi connectivity index (χ0n) is 12.6. The van der Waals surface area contributed by atoms with E-state index in [1.165, 1.54) is 5.56 Å². The van der Waals surface area contributed by atoms with E-state index < -0.39 is 0 Å². The fraction of sp³-hybridized carbons (Fsp3) is 0.529. The summed E-state index contributed by atoms with van der Waals surface area (Å²) in [7, 11) is 0. The molecule has 110 valence electrons. The molecular weight excluding hydrogens is 252 g/mol. The molecule has 0 bridgehead atoms. The van der Waals surface area contributed by atoms with Gasteiger partial charge in [0, 0.05) is 6.42 Å². The lowest BCUT2D eigenvalue weighted by Gasteiger charge is -2.12. The number of hydrogen-bond acceptors (Lipinski definition) is 3. The molecule has 0 saturated carbocycles. The Morgan fingerprint density at radius 3 is 2.40 bits per heavy atom. The predicted octanol–water partition coefficient (Wildman–Crippen LogP) is 3.51. The SMILES string of the molecule is CC(C)Cc1ccc(C(C)C(=O)OCCCC=O)cc1. The molecular formula is C17H24O3. The van der Waals surface area contributed by atoms with Crippen LogP contribution < -0.4 is 0 Å². The van der Waals surface area contributed by atoms with E-state index in [1.807, 2.05) is 19.1 Å². The van der Waals surface area contributed by atoms with Gasteiger partial charge in [-0.2, -0.15) is 0 Å². The molecule has 20 heavy (non-hydrogen) atoms. The number of ether oxygens (including phenoxy) is 1. The van der Waals surface area contributed by atoms with E-state index in [4.69, 9.17) is 4.74 Å². The molecule has 0 radical (unpaired) electrons. The zero-order chi connectivity index (χ0) is 15.0.